The average Bonchev–Trinajstić information content (AvgIpc) is 2.68. The van der Waals surface area contributed by atoms with Gasteiger partial charge in [0.25, 0.3) is 0 Å². The number of fused-ring (bicyclic) bond motifs is 2. The highest BCUT2D eigenvalue weighted by Crippen LogP contribution is 2.50. The maximum absolute atomic E-state index is 13.2. The van der Waals surface area contributed by atoms with Crippen molar-refractivity contribution < 1.29 is 18.9 Å². The van der Waals surface area contributed by atoms with Crippen LogP contribution in [0.2, 0.25) is 0 Å². The van der Waals surface area contributed by atoms with Crippen molar-refractivity contribution in [3.8, 4) is 23.0 Å². The minimum absolute atomic E-state index is 0.427. The smallest absolute Gasteiger partial charge is 0.169 e. The van der Waals surface area contributed by atoms with E-state index in [4.69, 9.17) is 18.9 Å². The molecule has 0 spiro atoms. The van der Waals surface area contributed by atoms with Gasteiger partial charge in [0.05, 0.1) is 47.4 Å². The lowest BCUT2D eigenvalue weighted by Crippen LogP contribution is -2.42. The van der Waals surface area contributed by atoms with Gasteiger partial charge in [0.15, 0.2) is 23.0 Å². The zero-order chi connectivity index (χ0) is 19.3. The second-order valence-corrected chi connectivity index (χ2v) is 6.92. The van der Waals surface area contributed by atoms with E-state index < -0.39 is 4.65 Å². The molecule has 0 saturated carbocycles. The van der Waals surface area contributed by atoms with Gasteiger partial charge in [-0.05, 0) is 34.5 Å². The molecule has 1 aliphatic heterocycles. The Labute approximate surface area is 158 Å². The molecule has 27 heavy (non-hydrogen) atoms. The van der Waals surface area contributed by atoms with Crippen molar-refractivity contribution in [1.82, 2.24) is 4.65 Å². The van der Waals surface area contributed by atoms with Crippen molar-refractivity contribution in [3.05, 3.63) is 35.0 Å². The molecule has 0 radical (unpaired) electrons. The predicted octanol–water partition coefficient (Wildman–Crippen LogP) is 4.02. The fourth-order valence-electron chi connectivity index (χ4n) is 4.07. The normalized spacial score (nSPS) is 18.6. The van der Waals surface area contributed by atoms with Gasteiger partial charge in [0, 0.05) is 17.9 Å². The van der Waals surface area contributed by atoms with Gasteiger partial charge < -0.3 is 28.8 Å². The van der Waals surface area contributed by atoms with E-state index in [-0.39, 0.29) is 0 Å². The van der Waals surface area contributed by atoms with Crippen LogP contribution in [0.3, 0.4) is 0 Å². The Kier molecular flexibility index (Phi) is 4.05. The van der Waals surface area contributed by atoms with E-state index in [2.05, 4.69) is 0 Å². The van der Waals surface area contributed by atoms with E-state index in [0.29, 0.717) is 36.0 Å². The molecule has 4 rings (SSSR count). The van der Waals surface area contributed by atoms with Crippen molar-refractivity contribution in [2.45, 2.75) is 6.42 Å². The number of quaternary nitrogens is 1. The highest BCUT2D eigenvalue weighted by molar-refractivity contribution is 6.18. The lowest BCUT2D eigenvalue weighted by Gasteiger charge is -2.42. The first-order valence-electron chi connectivity index (χ1n) is 8.78. The second kappa shape index (κ2) is 6.18. The van der Waals surface area contributed by atoms with Crippen molar-refractivity contribution in [3.63, 3.8) is 0 Å². The maximum Gasteiger partial charge on any atom is 0.169 e. The van der Waals surface area contributed by atoms with Crippen molar-refractivity contribution in [1.29, 1.82) is 0 Å². The van der Waals surface area contributed by atoms with Gasteiger partial charge in [0.2, 0.25) is 0 Å². The first-order chi connectivity index (χ1) is 12.9. The molecule has 142 valence electrons. The van der Waals surface area contributed by atoms with Crippen LogP contribution in [-0.4, -0.2) is 42.0 Å². The van der Waals surface area contributed by atoms with E-state index in [0.717, 1.165) is 32.8 Å². The average molecular weight is 369 g/mol. The molecule has 0 fully saturated rings. The van der Waals surface area contributed by atoms with Gasteiger partial charge >= 0.3 is 0 Å². The van der Waals surface area contributed by atoms with E-state index in [1.807, 2.05) is 24.3 Å². The molecule has 1 unspecified atom stereocenters. The Balaban J connectivity index is 2.27. The first kappa shape index (κ1) is 17.7. The molecular formula is C21H23NO5. The molecule has 0 aromatic heterocycles. The largest absolute Gasteiger partial charge is 0.628 e. The second-order valence-electron chi connectivity index (χ2n) is 6.92. The fourth-order valence-corrected chi connectivity index (χ4v) is 4.07. The molecule has 1 aliphatic rings. The topological polar surface area (TPSA) is 60.0 Å². The molecule has 3 aromatic carbocycles. The SMILES string of the molecule is COc1cc2cc3c4c(cc(OC)c(OC)c4c2cc1OC)CC[N+]3(C)[O-]. The Morgan fingerprint density at radius 3 is 2.11 bits per heavy atom. The van der Waals surface area contributed by atoms with Crippen LogP contribution in [0.15, 0.2) is 24.3 Å². The first-order valence-corrected chi connectivity index (χ1v) is 8.78. The summed E-state index contributed by atoms with van der Waals surface area (Å²) in [6.45, 7) is 0.483. The molecule has 3 aromatic rings. The summed E-state index contributed by atoms with van der Waals surface area (Å²) in [5.74, 6) is 2.53. The number of nitrogens with zero attached hydrogens (tertiary/aromatic N) is 1. The van der Waals surface area contributed by atoms with E-state index in [1.165, 1.54) is 0 Å². The number of hydrogen-bond donors (Lipinski definition) is 0. The molecule has 0 amide bonds. The third kappa shape index (κ3) is 2.48. The van der Waals surface area contributed by atoms with Crippen LogP contribution in [0.25, 0.3) is 21.5 Å². The lowest BCUT2D eigenvalue weighted by molar-refractivity contribution is 0.355. The number of methoxy groups -OCH3 is 4. The quantitative estimate of drug-likeness (QED) is 0.395. The summed E-state index contributed by atoms with van der Waals surface area (Å²) in [6.07, 6.45) is 0.683. The van der Waals surface area contributed by atoms with Crippen LogP contribution in [0, 0.1) is 5.21 Å². The number of hydrogen-bond acceptors (Lipinski definition) is 5. The van der Waals surface area contributed by atoms with Crippen LogP contribution in [0.5, 0.6) is 23.0 Å². The summed E-state index contributed by atoms with van der Waals surface area (Å²) in [4.78, 5) is 0. The highest BCUT2D eigenvalue weighted by Gasteiger charge is 2.30. The third-order valence-corrected chi connectivity index (χ3v) is 5.44. The third-order valence-electron chi connectivity index (χ3n) is 5.44. The standard InChI is InChI=1S/C21H23NO5/c1-22(23)7-6-12-9-18(26-4)21(27-5)20-14-11-17(25-3)16(24-2)10-13(14)8-15(22)19(12)20/h8-11H,6-7H2,1-5H3. The Morgan fingerprint density at radius 1 is 0.815 bits per heavy atom. The summed E-state index contributed by atoms with van der Waals surface area (Å²) in [5, 5.41) is 16.9. The van der Waals surface area contributed by atoms with E-state index in [9.17, 15) is 5.21 Å². The molecule has 0 saturated heterocycles. The van der Waals surface area contributed by atoms with Crippen LogP contribution < -0.4 is 23.6 Å². The van der Waals surface area contributed by atoms with Crippen LogP contribution in [0.1, 0.15) is 5.56 Å². The van der Waals surface area contributed by atoms with Gasteiger partial charge in [-0.1, -0.05) is 0 Å². The van der Waals surface area contributed by atoms with Crippen LogP contribution >= 0.6 is 0 Å². The highest BCUT2D eigenvalue weighted by atomic mass is 16.5. The molecule has 0 aliphatic carbocycles. The number of hydroxylamine groups is 2. The van der Waals surface area contributed by atoms with Crippen LogP contribution in [0.4, 0.5) is 5.69 Å². The minimum atomic E-state index is -0.427. The maximum atomic E-state index is 13.2. The Hall–Kier alpha value is -2.70. The molecule has 1 heterocycles. The van der Waals surface area contributed by atoms with Gasteiger partial charge in [0.1, 0.15) is 5.69 Å². The van der Waals surface area contributed by atoms with Crippen molar-refractivity contribution >= 4 is 27.2 Å². The fraction of sp³-hybridized carbons (Fsp3) is 0.333. The van der Waals surface area contributed by atoms with Gasteiger partial charge in [-0.3, -0.25) is 0 Å². The summed E-state index contributed by atoms with van der Waals surface area (Å²) in [6, 6.07) is 7.78. The summed E-state index contributed by atoms with van der Waals surface area (Å²) in [5.41, 5.74) is 1.83. The van der Waals surface area contributed by atoms with Gasteiger partial charge in [-0.25, -0.2) is 0 Å². The summed E-state index contributed by atoms with van der Waals surface area (Å²) >= 11 is 0. The Morgan fingerprint density at radius 2 is 1.48 bits per heavy atom. The zero-order valence-corrected chi connectivity index (χ0v) is 16.2. The van der Waals surface area contributed by atoms with E-state index >= 15 is 0 Å². The predicted molar refractivity (Wildman–Crippen MR) is 107 cm³/mol. The zero-order valence-electron chi connectivity index (χ0n) is 16.2. The summed E-state index contributed by atoms with van der Waals surface area (Å²) in [7, 11) is 8.15. The Bertz CT molecular complexity index is 1060. The number of rotatable bonds is 4. The summed E-state index contributed by atoms with van der Waals surface area (Å²) < 4.78 is 21.8. The number of benzene rings is 3. The molecule has 0 bridgehead atoms. The van der Waals surface area contributed by atoms with Crippen LogP contribution in [-0.2, 0) is 6.42 Å². The lowest BCUT2D eigenvalue weighted by atomic mass is 9.90. The minimum Gasteiger partial charge on any atom is -0.628 e. The van der Waals surface area contributed by atoms with Gasteiger partial charge in [-0.2, -0.15) is 0 Å². The number of likely N-dealkylation sites (N-methyl/N-ethyl adjacent to an activating group) is 1. The monoisotopic (exact) mass is 369 g/mol. The molecule has 6 heteroatoms. The van der Waals surface area contributed by atoms with Gasteiger partial charge in [-0.15, -0.1) is 0 Å². The van der Waals surface area contributed by atoms with Crippen molar-refractivity contribution in [2.24, 2.45) is 0 Å². The van der Waals surface area contributed by atoms with Crippen molar-refractivity contribution in [2.75, 3.05) is 42.0 Å². The van der Waals surface area contributed by atoms with E-state index in [1.54, 1.807) is 35.5 Å². The molecular weight excluding hydrogens is 346 g/mol. The molecule has 6 nitrogen and oxygen atoms in total. The number of ether oxygens (including phenoxy) is 4. The molecule has 0 N–H and O–H groups in total. The molecule has 1 atom stereocenters.